The predicted octanol–water partition coefficient (Wildman–Crippen LogP) is 2.78. The number of nitrogens with zero attached hydrogens (tertiary/aromatic N) is 1. The van der Waals surface area contributed by atoms with Crippen LogP contribution in [0.25, 0.3) is 10.2 Å². The molecule has 1 aliphatic carbocycles. The van der Waals surface area contributed by atoms with Crippen molar-refractivity contribution >= 4 is 27.5 Å². The molecular weight excluding hydrogens is 324 g/mol. The smallest absolute Gasteiger partial charge is 0.252 e. The molecule has 1 aromatic heterocycles. The minimum Gasteiger partial charge on any atom is -0.383 e. The number of fused-ring (bicyclic) bond motifs is 1. The number of aromatic nitrogens is 1. The lowest BCUT2D eigenvalue weighted by Crippen LogP contribution is -2.43. The Kier molecular flexibility index (Phi) is 5.18. The maximum atomic E-state index is 12.2. The number of aliphatic hydroxyl groups excluding tert-OH is 2. The average molecular weight is 348 g/mol. The number of nitrogens with one attached hydrogen (secondary N) is 1. The molecule has 2 atom stereocenters. The Labute approximate surface area is 145 Å². The Morgan fingerprint density at radius 3 is 2.71 bits per heavy atom. The van der Waals surface area contributed by atoms with Gasteiger partial charge in [-0.15, -0.1) is 11.3 Å². The summed E-state index contributed by atoms with van der Waals surface area (Å²) in [6.07, 6.45) is 2.83. The summed E-state index contributed by atoms with van der Waals surface area (Å²) in [7, 11) is 0. The Balaban J connectivity index is 1.64. The quantitative estimate of drug-likeness (QED) is 0.750. The summed E-state index contributed by atoms with van der Waals surface area (Å²) in [5.41, 5.74) is 0.913. The molecule has 1 fully saturated rings. The van der Waals surface area contributed by atoms with Gasteiger partial charge in [0.1, 0.15) is 11.1 Å². The summed E-state index contributed by atoms with van der Waals surface area (Å²) in [4.78, 5) is 16.6. The van der Waals surface area contributed by atoms with Crippen LogP contribution >= 0.6 is 11.3 Å². The molecule has 1 aromatic carbocycles. The second-order valence-corrected chi connectivity index (χ2v) is 7.75. The molecule has 130 valence electrons. The van der Waals surface area contributed by atoms with Crippen LogP contribution in [0, 0.1) is 5.41 Å². The molecule has 5 nitrogen and oxygen atoms in total. The van der Waals surface area contributed by atoms with E-state index >= 15 is 0 Å². The van der Waals surface area contributed by atoms with E-state index in [1.165, 1.54) is 24.2 Å². The van der Waals surface area contributed by atoms with Gasteiger partial charge in [-0.1, -0.05) is 31.9 Å². The zero-order valence-electron chi connectivity index (χ0n) is 13.9. The van der Waals surface area contributed by atoms with E-state index in [9.17, 15) is 15.0 Å². The number of carbonyl (C=O) groups excluding carboxylic acids is 1. The van der Waals surface area contributed by atoms with E-state index in [0.717, 1.165) is 29.5 Å². The van der Waals surface area contributed by atoms with Crippen LogP contribution < -0.4 is 5.32 Å². The second-order valence-electron chi connectivity index (χ2n) is 6.69. The Morgan fingerprint density at radius 1 is 1.33 bits per heavy atom. The number of amides is 1. The summed E-state index contributed by atoms with van der Waals surface area (Å²) in [5, 5.41) is 23.7. The van der Waals surface area contributed by atoms with Crippen molar-refractivity contribution in [1.29, 1.82) is 0 Å². The van der Waals surface area contributed by atoms with Crippen LogP contribution in [0.2, 0.25) is 0 Å². The van der Waals surface area contributed by atoms with E-state index in [1.54, 1.807) is 0 Å². The van der Waals surface area contributed by atoms with Crippen LogP contribution in [0.3, 0.4) is 0 Å². The largest absolute Gasteiger partial charge is 0.383 e. The van der Waals surface area contributed by atoms with Crippen LogP contribution in [0.4, 0.5) is 0 Å². The highest BCUT2D eigenvalue weighted by molar-refractivity contribution is 7.18. The van der Waals surface area contributed by atoms with E-state index in [-0.39, 0.29) is 5.41 Å². The van der Waals surface area contributed by atoms with E-state index < -0.39 is 18.1 Å². The van der Waals surface area contributed by atoms with Crippen molar-refractivity contribution in [2.75, 3.05) is 6.54 Å². The van der Waals surface area contributed by atoms with Gasteiger partial charge in [0.15, 0.2) is 6.10 Å². The lowest BCUT2D eigenvalue weighted by atomic mass is 9.83. The van der Waals surface area contributed by atoms with Crippen LogP contribution in [0.15, 0.2) is 24.3 Å². The van der Waals surface area contributed by atoms with Crippen molar-refractivity contribution in [3.05, 3.63) is 29.3 Å². The Morgan fingerprint density at radius 2 is 2.04 bits per heavy atom. The molecule has 0 saturated heterocycles. The number of carbonyl (C=O) groups is 1. The van der Waals surface area contributed by atoms with E-state index in [0.29, 0.717) is 11.6 Å². The minimum atomic E-state index is -1.50. The minimum absolute atomic E-state index is 0.149. The number of thiazole rings is 1. The maximum Gasteiger partial charge on any atom is 0.252 e. The van der Waals surface area contributed by atoms with E-state index in [4.69, 9.17) is 0 Å². The van der Waals surface area contributed by atoms with Gasteiger partial charge in [0, 0.05) is 6.54 Å². The first-order chi connectivity index (χ1) is 11.5. The number of para-hydroxylation sites is 1. The molecule has 6 heteroatoms. The number of benzene rings is 1. The van der Waals surface area contributed by atoms with Gasteiger partial charge in [0.25, 0.3) is 5.91 Å². The van der Waals surface area contributed by atoms with Gasteiger partial charge in [-0.2, -0.15) is 0 Å². The summed E-state index contributed by atoms with van der Waals surface area (Å²) >= 11 is 1.30. The van der Waals surface area contributed by atoms with Gasteiger partial charge in [-0.3, -0.25) is 4.79 Å². The molecule has 1 amide bonds. The second kappa shape index (κ2) is 7.17. The fraction of sp³-hybridized carbons (Fsp3) is 0.556. The van der Waals surface area contributed by atoms with Crippen molar-refractivity contribution in [2.24, 2.45) is 5.41 Å². The zero-order valence-corrected chi connectivity index (χ0v) is 14.7. The summed E-state index contributed by atoms with van der Waals surface area (Å²) < 4.78 is 0.926. The fourth-order valence-corrected chi connectivity index (χ4v) is 4.44. The zero-order chi connectivity index (χ0) is 17.2. The molecule has 1 heterocycles. The molecule has 0 unspecified atom stereocenters. The van der Waals surface area contributed by atoms with Crippen molar-refractivity contribution in [1.82, 2.24) is 10.3 Å². The Bertz CT molecular complexity index is 676. The summed E-state index contributed by atoms with van der Waals surface area (Å²) in [6.45, 7) is 2.70. The van der Waals surface area contributed by atoms with Crippen LogP contribution in [-0.2, 0) is 4.79 Å². The van der Waals surface area contributed by atoms with Gasteiger partial charge in [0.05, 0.1) is 10.2 Å². The third-order valence-electron chi connectivity index (χ3n) is 5.18. The number of hydrogen-bond acceptors (Lipinski definition) is 5. The lowest BCUT2D eigenvalue weighted by Gasteiger charge is -2.28. The van der Waals surface area contributed by atoms with Crippen molar-refractivity contribution in [3.63, 3.8) is 0 Å². The predicted molar refractivity (Wildman–Crippen MR) is 94.8 cm³/mol. The third-order valence-corrected chi connectivity index (χ3v) is 6.29. The van der Waals surface area contributed by atoms with Gasteiger partial charge in [-0.05, 0) is 36.8 Å². The molecule has 0 radical (unpaired) electrons. The Hall–Kier alpha value is -1.50. The highest BCUT2D eigenvalue weighted by Crippen LogP contribution is 2.40. The normalized spacial score (nSPS) is 19.3. The molecule has 3 N–H and O–H groups in total. The topological polar surface area (TPSA) is 82.5 Å². The first-order valence-electron chi connectivity index (χ1n) is 8.54. The average Bonchev–Trinajstić information content (AvgIpc) is 3.25. The molecule has 0 bridgehead atoms. The highest BCUT2D eigenvalue weighted by Gasteiger charge is 2.34. The molecule has 2 aromatic rings. The fourth-order valence-electron chi connectivity index (χ4n) is 3.45. The first kappa shape index (κ1) is 17.3. The maximum absolute atomic E-state index is 12.2. The molecule has 3 rings (SSSR count). The molecule has 1 saturated carbocycles. The molecule has 1 aliphatic rings. The van der Waals surface area contributed by atoms with E-state index in [2.05, 4.69) is 17.2 Å². The molecule has 0 aliphatic heterocycles. The number of aliphatic hydroxyl groups is 2. The molecule has 0 spiro atoms. The molecule has 24 heavy (non-hydrogen) atoms. The standard InChI is InChI=1S/C18H24N2O3S/c1-2-18(9-5-6-10-18)11-19-16(23)14(21)15(22)17-20-12-7-3-4-8-13(12)24-17/h3-4,7-8,14-15,21-22H,2,5-6,9-11H2,1H3,(H,19,23)/t14-,15+/m1/s1. The SMILES string of the molecule is CCC1(CNC(=O)[C@H](O)[C@H](O)c2nc3ccccc3s2)CCCC1. The number of rotatable bonds is 6. The number of hydrogen-bond donors (Lipinski definition) is 3. The van der Waals surface area contributed by atoms with Crippen molar-refractivity contribution < 1.29 is 15.0 Å². The lowest BCUT2D eigenvalue weighted by molar-refractivity contribution is -0.136. The van der Waals surface area contributed by atoms with Crippen LogP contribution in [-0.4, -0.2) is 33.8 Å². The molecular formula is C18H24N2O3S. The third kappa shape index (κ3) is 3.45. The highest BCUT2D eigenvalue weighted by atomic mass is 32.1. The van der Waals surface area contributed by atoms with Crippen molar-refractivity contribution in [2.45, 2.75) is 51.2 Å². The van der Waals surface area contributed by atoms with Gasteiger partial charge >= 0.3 is 0 Å². The van der Waals surface area contributed by atoms with Gasteiger partial charge in [0.2, 0.25) is 0 Å². The van der Waals surface area contributed by atoms with Crippen molar-refractivity contribution in [3.8, 4) is 0 Å². The van der Waals surface area contributed by atoms with Gasteiger partial charge < -0.3 is 15.5 Å². The van der Waals surface area contributed by atoms with Crippen LogP contribution in [0.5, 0.6) is 0 Å². The van der Waals surface area contributed by atoms with Crippen LogP contribution in [0.1, 0.15) is 50.1 Å². The first-order valence-corrected chi connectivity index (χ1v) is 9.36. The van der Waals surface area contributed by atoms with E-state index in [1.807, 2.05) is 24.3 Å². The monoisotopic (exact) mass is 348 g/mol. The summed E-state index contributed by atoms with van der Waals surface area (Å²) in [6, 6.07) is 7.51. The summed E-state index contributed by atoms with van der Waals surface area (Å²) in [5.74, 6) is -0.526. The van der Waals surface area contributed by atoms with Gasteiger partial charge in [-0.25, -0.2) is 4.98 Å².